The number of nitrogens with one attached hydrogen (secondary N) is 1. The monoisotopic (exact) mass is 396 g/mol. The van der Waals surface area contributed by atoms with Crippen molar-refractivity contribution in [2.24, 2.45) is 0 Å². The van der Waals surface area contributed by atoms with Gasteiger partial charge in [-0.15, -0.1) is 0 Å². The summed E-state index contributed by atoms with van der Waals surface area (Å²) in [7, 11) is 1.62. The molecule has 4 rings (SSSR count). The third-order valence-electron chi connectivity index (χ3n) is 4.99. The molecule has 0 radical (unpaired) electrons. The first-order valence-electron chi connectivity index (χ1n) is 9.48. The molecule has 1 saturated heterocycles. The number of carbonyl (C=O) groups excluding carboxylic acids is 1. The lowest BCUT2D eigenvalue weighted by Crippen LogP contribution is -2.48. The van der Waals surface area contributed by atoms with Crippen LogP contribution in [-0.4, -0.2) is 62.2 Å². The van der Waals surface area contributed by atoms with Crippen molar-refractivity contribution in [2.45, 2.75) is 0 Å². The molecule has 28 heavy (non-hydrogen) atoms. The number of carbonyl (C=O) groups is 1. The fraction of sp³-hybridized carbons (Fsp3) is 0.333. The van der Waals surface area contributed by atoms with Crippen LogP contribution in [0.5, 0.6) is 5.75 Å². The van der Waals surface area contributed by atoms with Gasteiger partial charge in [0.2, 0.25) is 0 Å². The molecule has 0 spiro atoms. The Hall–Kier alpha value is -2.64. The lowest BCUT2D eigenvalue weighted by Gasteiger charge is -2.34. The SMILES string of the molecule is COc1ccc(C(=O)NCCN2CCN(c3nc4ccccc4s3)CC2)cc1. The van der Waals surface area contributed by atoms with Crippen LogP contribution in [-0.2, 0) is 0 Å². The molecule has 1 fully saturated rings. The van der Waals surface area contributed by atoms with E-state index in [2.05, 4.69) is 33.3 Å². The summed E-state index contributed by atoms with van der Waals surface area (Å²) in [5.74, 6) is 0.707. The molecule has 2 heterocycles. The summed E-state index contributed by atoms with van der Waals surface area (Å²) in [6, 6.07) is 15.4. The van der Waals surface area contributed by atoms with Crippen LogP contribution in [0, 0.1) is 0 Å². The van der Waals surface area contributed by atoms with Crippen LogP contribution >= 0.6 is 11.3 Å². The molecule has 1 amide bonds. The van der Waals surface area contributed by atoms with Gasteiger partial charge in [-0.25, -0.2) is 4.98 Å². The minimum absolute atomic E-state index is 0.0456. The Bertz CT molecular complexity index is 900. The highest BCUT2D eigenvalue weighted by molar-refractivity contribution is 7.22. The molecule has 6 nitrogen and oxygen atoms in total. The van der Waals surface area contributed by atoms with Gasteiger partial charge < -0.3 is 15.0 Å². The van der Waals surface area contributed by atoms with E-state index in [1.165, 1.54) is 4.70 Å². The fourth-order valence-corrected chi connectivity index (χ4v) is 4.35. The Morgan fingerprint density at radius 3 is 2.57 bits per heavy atom. The van der Waals surface area contributed by atoms with Crippen molar-refractivity contribution in [3.05, 3.63) is 54.1 Å². The number of rotatable bonds is 6. The molecule has 0 atom stereocenters. The number of nitrogens with zero attached hydrogens (tertiary/aromatic N) is 3. The number of hydrogen-bond acceptors (Lipinski definition) is 6. The predicted octanol–water partition coefficient (Wildman–Crippen LogP) is 2.86. The molecule has 2 aromatic carbocycles. The summed E-state index contributed by atoms with van der Waals surface area (Å²) < 4.78 is 6.36. The number of ether oxygens (including phenoxy) is 1. The molecule has 0 aliphatic carbocycles. The minimum atomic E-state index is -0.0456. The Labute approximate surface area is 168 Å². The van der Waals surface area contributed by atoms with Crippen LogP contribution in [0.25, 0.3) is 10.2 Å². The lowest BCUT2D eigenvalue weighted by molar-refractivity contribution is 0.0947. The lowest BCUT2D eigenvalue weighted by atomic mass is 10.2. The Balaban J connectivity index is 1.22. The number of hydrogen-bond donors (Lipinski definition) is 1. The van der Waals surface area contributed by atoms with Gasteiger partial charge in [0.1, 0.15) is 5.75 Å². The van der Waals surface area contributed by atoms with Gasteiger partial charge in [-0.2, -0.15) is 0 Å². The summed E-state index contributed by atoms with van der Waals surface area (Å²) >= 11 is 1.76. The molecule has 0 unspecified atom stereocenters. The number of benzene rings is 2. The zero-order valence-electron chi connectivity index (χ0n) is 15.9. The Morgan fingerprint density at radius 2 is 1.86 bits per heavy atom. The number of fused-ring (bicyclic) bond motifs is 1. The maximum absolute atomic E-state index is 12.2. The highest BCUT2D eigenvalue weighted by Crippen LogP contribution is 2.29. The fourth-order valence-electron chi connectivity index (χ4n) is 3.33. The van der Waals surface area contributed by atoms with Crippen molar-refractivity contribution in [1.82, 2.24) is 15.2 Å². The molecule has 0 saturated carbocycles. The Morgan fingerprint density at radius 1 is 1.11 bits per heavy atom. The van der Waals surface area contributed by atoms with Crippen LogP contribution in [0.2, 0.25) is 0 Å². The average Bonchev–Trinajstić information content (AvgIpc) is 3.18. The van der Waals surface area contributed by atoms with E-state index in [1.807, 2.05) is 6.07 Å². The molecule has 3 aromatic rings. The van der Waals surface area contributed by atoms with Crippen molar-refractivity contribution >= 4 is 32.6 Å². The number of methoxy groups -OCH3 is 1. The van der Waals surface area contributed by atoms with E-state index < -0.39 is 0 Å². The zero-order valence-corrected chi connectivity index (χ0v) is 16.7. The molecule has 7 heteroatoms. The summed E-state index contributed by atoms with van der Waals surface area (Å²) in [5.41, 5.74) is 1.73. The molecular weight excluding hydrogens is 372 g/mol. The maximum Gasteiger partial charge on any atom is 0.251 e. The molecule has 1 aliphatic heterocycles. The van der Waals surface area contributed by atoms with Gasteiger partial charge >= 0.3 is 0 Å². The second-order valence-corrected chi connectivity index (χ2v) is 7.79. The van der Waals surface area contributed by atoms with E-state index in [4.69, 9.17) is 9.72 Å². The average molecular weight is 397 g/mol. The van der Waals surface area contributed by atoms with Crippen LogP contribution < -0.4 is 15.0 Å². The number of aromatic nitrogens is 1. The summed E-state index contributed by atoms with van der Waals surface area (Å²) in [6.45, 7) is 5.39. The van der Waals surface area contributed by atoms with E-state index in [0.717, 1.165) is 49.1 Å². The summed E-state index contributed by atoms with van der Waals surface area (Å²) in [4.78, 5) is 21.7. The van der Waals surface area contributed by atoms with Crippen molar-refractivity contribution in [2.75, 3.05) is 51.3 Å². The van der Waals surface area contributed by atoms with Gasteiger partial charge in [-0.3, -0.25) is 9.69 Å². The van der Waals surface area contributed by atoms with Crippen LogP contribution in [0.4, 0.5) is 5.13 Å². The molecule has 146 valence electrons. The smallest absolute Gasteiger partial charge is 0.251 e. The van der Waals surface area contributed by atoms with E-state index in [0.29, 0.717) is 12.1 Å². The van der Waals surface area contributed by atoms with Crippen molar-refractivity contribution in [1.29, 1.82) is 0 Å². The van der Waals surface area contributed by atoms with E-state index in [-0.39, 0.29) is 5.91 Å². The van der Waals surface area contributed by atoms with E-state index in [9.17, 15) is 4.79 Å². The first-order chi connectivity index (χ1) is 13.7. The second kappa shape index (κ2) is 8.58. The van der Waals surface area contributed by atoms with E-state index in [1.54, 1.807) is 42.7 Å². The van der Waals surface area contributed by atoms with Gasteiger partial charge in [0.15, 0.2) is 5.13 Å². The van der Waals surface area contributed by atoms with Crippen molar-refractivity contribution in [3.63, 3.8) is 0 Å². The molecule has 0 bridgehead atoms. The number of anilines is 1. The maximum atomic E-state index is 12.2. The van der Waals surface area contributed by atoms with Crippen LogP contribution in [0.3, 0.4) is 0 Å². The van der Waals surface area contributed by atoms with Crippen molar-refractivity contribution < 1.29 is 9.53 Å². The Kier molecular flexibility index (Phi) is 5.73. The first-order valence-corrected chi connectivity index (χ1v) is 10.3. The third-order valence-corrected chi connectivity index (χ3v) is 6.09. The largest absolute Gasteiger partial charge is 0.497 e. The highest BCUT2D eigenvalue weighted by atomic mass is 32.1. The van der Waals surface area contributed by atoms with Gasteiger partial charge in [0.25, 0.3) is 5.91 Å². The van der Waals surface area contributed by atoms with Crippen LogP contribution in [0.1, 0.15) is 10.4 Å². The van der Waals surface area contributed by atoms with E-state index >= 15 is 0 Å². The van der Waals surface area contributed by atoms with Gasteiger partial charge in [-0.05, 0) is 36.4 Å². The number of para-hydroxylation sites is 1. The summed E-state index contributed by atoms with van der Waals surface area (Å²) in [5, 5.41) is 4.10. The quantitative estimate of drug-likeness (QED) is 0.694. The minimum Gasteiger partial charge on any atom is -0.497 e. The van der Waals surface area contributed by atoms with Gasteiger partial charge in [0.05, 0.1) is 17.3 Å². The highest BCUT2D eigenvalue weighted by Gasteiger charge is 2.19. The van der Waals surface area contributed by atoms with Crippen molar-refractivity contribution in [3.8, 4) is 5.75 Å². The normalized spacial score (nSPS) is 15.0. The third kappa shape index (κ3) is 4.26. The number of piperazine rings is 1. The molecule has 1 aliphatic rings. The predicted molar refractivity (Wildman–Crippen MR) is 114 cm³/mol. The topological polar surface area (TPSA) is 57.7 Å². The summed E-state index contributed by atoms with van der Waals surface area (Å²) in [6.07, 6.45) is 0. The molecule has 1 aromatic heterocycles. The first kappa shape index (κ1) is 18.7. The standard InChI is InChI=1S/C21H24N4O2S/c1-27-17-8-6-16(7-9-17)20(26)22-10-11-24-12-14-25(15-13-24)21-23-18-4-2-3-5-19(18)28-21/h2-9H,10-15H2,1H3,(H,22,26). The van der Waals surface area contributed by atoms with Crippen LogP contribution in [0.15, 0.2) is 48.5 Å². The molecular formula is C21H24N4O2S. The second-order valence-electron chi connectivity index (χ2n) is 6.78. The zero-order chi connectivity index (χ0) is 19.3. The number of thiazole rings is 1. The van der Waals surface area contributed by atoms with Gasteiger partial charge in [-0.1, -0.05) is 23.5 Å². The number of amides is 1. The van der Waals surface area contributed by atoms with Gasteiger partial charge in [0, 0.05) is 44.8 Å². The molecule has 1 N–H and O–H groups in total.